The SMILES string of the molecule is COc1cnc(NC(=O)C2CCC[C@@H](NC(C)=O)C2)cc1-c1cc(F)c2ncn(C(C)C)c2c1. The highest BCUT2D eigenvalue weighted by atomic mass is 19.1. The fraction of sp³-hybridized carbons (Fsp3) is 0.440. The number of anilines is 1. The summed E-state index contributed by atoms with van der Waals surface area (Å²) in [7, 11) is 1.52. The van der Waals surface area contributed by atoms with Crippen molar-refractivity contribution in [1.29, 1.82) is 0 Å². The molecule has 1 fully saturated rings. The van der Waals surface area contributed by atoms with E-state index in [-0.39, 0.29) is 29.8 Å². The Kier molecular flexibility index (Phi) is 6.81. The molecule has 2 heterocycles. The Bertz CT molecular complexity index is 1220. The number of pyridine rings is 1. The molecule has 0 radical (unpaired) electrons. The Balaban J connectivity index is 1.62. The van der Waals surface area contributed by atoms with Crippen molar-refractivity contribution in [3.63, 3.8) is 0 Å². The first-order chi connectivity index (χ1) is 16.3. The zero-order chi connectivity index (χ0) is 24.4. The van der Waals surface area contributed by atoms with Gasteiger partial charge >= 0.3 is 0 Å². The smallest absolute Gasteiger partial charge is 0.228 e. The highest BCUT2D eigenvalue weighted by molar-refractivity contribution is 5.93. The second-order valence-electron chi connectivity index (χ2n) is 9.09. The minimum absolute atomic E-state index is 0.00176. The van der Waals surface area contributed by atoms with Crippen LogP contribution in [0.25, 0.3) is 22.2 Å². The van der Waals surface area contributed by atoms with Crippen molar-refractivity contribution in [2.24, 2.45) is 5.92 Å². The number of hydrogen-bond donors (Lipinski definition) is 2. The van der Waals surface area contributed by atoms with Crippen LogP contribution in [0.1, 0.15) is 52.5 Å². The largest absolute Gasteiger partial charge is 0.494 e. The lowest BCUT2D eigenvalue weighted by Gasteiger charge is -2.28. The van der Waals surface area contributed by atoms with Gasteiger partial charge in [0.2, 0.25) is 11.8 Å². The number of nitrogens with one attached hydrogen (secondary N) is 2. The van der Waals surface area contributed by atoms with Crippen LogP contribution in [0.15, 0.2) is 30.7 Å². The van der Waals surface area contributed by atoms with Crippen molar-refractivity contribution in [1.82, 2.24) is 19.9 Å². The van der Waals surface area contributed by atoms with Gasteiger partial charge in [-0.3, -0.25) is 9.59 Å². The number of halogens is 1. The zero-order valence-electron chi connectivity index (χ0n) is 19.9. The number of fused-ring (bicyclic) bond motifs is 1. The number of methoxy groups -OCH3 is 1. The third-order valence-electron chi connectivity index (χ3n) is 6.29. The highest BCUT2D eigenvalue weighted by Crippen LogP contribution is 2.35. The fourth-order valence-corrected chi connectivity index (χ4v) is 4.63. The standard InChI is InChI=1S/C25H30FN5O3/c1-14(2)31-13-28-24-20(26)9-17(10-21(24)31)19-11-23(27-12-22(19)34-4)30-25(33)16-6-5-7-18(8-16)29-15(3)32/h9-14,16,18H,5-8H2,1-4H3,(H,29,32)(H,27,30,33)/t16?,18-/m1/s1. The van der Waals surface area contributed by atoms with E-state index in [1.54, 1.807) is 12.4 Å². The summed E-state index contributed by atoms with van der Waals surface area (Å²) in [5.74, 6) is -0.0421. The van der Waals surface area contributed by atoms with Crippen molar-refractivity contribution < 1.29 is 18.7 Å². The second-order valence-corrected chi connectivity index (χ2v) is 9.09. The van der Waals surface area contributed by atoms with Gasteiger partial charge in [-0.2, -0.15) is 0 Å². The van der Waals surface area contributed by atoms with Crippen LogP contribution < -0.4 is 15.4 Å². The van der Waals surface area contributed by atoms with Crippen molar-refractivity contribution in [2.45, 2.75) is 58.5 Å². The maximum absolute atomic E-state index is 14.9. The summed E-state index contributed by atoms with van der Waals surface area (Å²) in [6.07, 6.45) is 6.24. The van der Waals surface area contributed by atoms with Gasteiger partial charge in [0.05, 0.1) is 25.2 Å². The number of carbonyl (C=O) groups excluding carboxylic acids is 2. The van der Waals surface area contributed by atoms with E-state index in [9.17, 15) is 14.0 Å². The fourth-order valence-electron chi connectivity index (χ4n) is 4.63. The lowest BCUT2D eigenvalue weighted by Crippen LogP contribution is -2.40. The zero-order valence-corrected chi connectivity index (χ0v) is 19.9. The molecule has 1 saturated carbocycles. The number of rotatable bonds is 6. The van der Waals surface area contributed by atoms with Gasteiger partial charge in [0.25, 0.3) is 0 Å². The van der Waals surface area contributed by atoms with E-state index in [0.717, 1.165) is 19.3 Å². The van der Waals surface area contributed by atoms with Gasteiger partial charge < -0.3 is 19.9 Å². The Morgan fingerprint density at radius 3 is 2.71 bits per heavy atom. The minimum atomic E-state index is -0.428. The lowest BCUT2D eigenvalue weighted by atomic mass is 9.85. The number of hydrogen-bond acceptors (Lipinski definition) is 5. The summed E-state index contributed by atoms with van der Waals surface area (Å²) in [5.41, 5.74) is 2.21. The molecule has 2 aromatic heterocycles. The van der Waals surface area contributed by atoms with Crippen LogP contribution in [0.4, 0.5) is 10.2 Å². The van der Waals surface area contributed by atoms with Crippen LogP contribution in [0.3, 0.4) is 0 Å². The van der Waals surface area contributed by atoms with Gasteiger partial charge in [0.1, 0.15) is 17.1 Å². The molecule has 8 nitrogen and oxygen atoms in total. The summed E-state index contributed by atoms with van der Waals surface area (Å²) in [5, 5.41) is 5.81. The predicted octanol–water partition coefficient (Wildman–Crippen LogP) is 4.46. The molecule has 2 atom stereocenters. The second kappa shape index (κ2) is 9.79. The van der Waals surface area contributed by atoms with E-state index in [2.05, 4.69) is 20.6 Å². The molecule has 4 rings (SSSR count). The molecular weight excluding hydrogens is 437 g/mol. The van der Waals surface area contributed by atoms with E-state index in [1.165, 1.54) is 26.3 Å². The molecule has 1 aliphatic carbocycles. The molecule has 0 spiro atoms. The Morgan fingerprint density at radius 1 is 1.21 bits per heavy atom. The van der Waals surface area contributed by atoms with Crippen LogP contribution in [-0.4, -0.2) is 39.5 Å². The Labute approximate surface area is 197 Å². The Morgan fingerprint density at radius 2 is 2.00 bits per heavy atom. The van der Waals surface area contributed by atoms with Crippen molar-refractivity contribution in [3.8, 4) is 16.9 Å². The molecule has 0 bridgehead atoms. The van der Waals surface area contributed by atoms with Crippen molar-refractivity contribution in [2.75, 3.05) is 12.4 Å². The third-order valence-corrected chi connectivity index (χ3v) is 6.29. The molecule has 180 valence electrons. The number of aromatic nitrogens is 3. The minimum Gasteiger partial charge on any atom is -0.494 e. The van der Waals surface area contributed by atoms with Crippen LogP contribution in [-0.2, 0) is 9.59 Å². The molecule has 1 aliphatic rings. The Hall–Kier alpha value is -3.49. The normalized spacial score (nSPS) is 18.2. The number of amides is 2. The molecular formula is C25H30FN5O3. The van der Waals surface area contributed by atoms with Crippen LogP contribution >= 0.6 is 0 Å². The molecule has 3 aromatic rings. The van der Waals surface area contributed by atoms with E-state index >= 15 is 0 Å². The summed E-state index contributed by atoms with van der Waals surface area (Å²) in [6, 6.07) is 5.10. The first-order valence-electron chi connectivity index (χ1n) is 11.5. The van der Waals surface area contributed by atoms with E-state index in [1.807, 2.05) is 24.5 Å². The topological polar surface area (TPSA) is 98.1 Å². The molecule has 0 aliphatic heterocycles. The summed E-state index contributed by atoms with van der Waals surface area (Å²) < 4.78 is 22.3. The van der Waals surface area contributed by atoms with Gasteiger partial charge in [0.15, 0.2) is 5.82 Å². The third kappa shape index (κ3) is 4.88. The van der Waals surface area contributed by atoms with E-state index < -0.39 is 5.82 Å². The first kappa shape index (κ1) is 23.7. The maximum Gasteiger partial charge on any atom is 0.228 e. The molecule has 1 unspecified atom stereocenters. The van der Waals surface area contributed by atoms with Crippen LogP contribution in [0, 0.1) is 11.7 Å². The van der Waals surface area contributed by atoms with Crippen LogP contribution in [0.2, 0.25) is 0 Å². The molecule has 1 aromatic carbocycles. The van der Waals surface area contributed by atoms with Gasteiger partial charge in [-0.25, -0.2) is 14.4 Å². The molecule has 9 heteroatoms. The summed E-state index contributed by atoms with van der Waals surface area (Å²) in [6.45, 7) is 5.50. The lowest BCUT2D eigenvalue weighted by molar-refractivity contribution is -0.123. The summed E-state index contributed by atoms with van der Waals surface area (Å²) in [4.78, 5) is 32.9. The van der Waals surface area contributed by atoms with Crippen molar-refractivity contribution >= 4 is 28.7 Å². The predicted molar refractivity (Wildman–Crippen MR) is 128 cm³/mol. The van der Waals surface area contributed by atoms with Gasteiger partial charge in [-0.15, -0.1) is 0 Å². The van der Waals surface area contributed by atoms with E-state index in [4.69, 9.17) is 4.74 Å². The molecule has 0 saturated heterocycles. The number of imidazole rings is 1. The van der Waals surface area contributed by atoms with E-state index in [0.29, 0.717) is 40.1 Å². The van der Waals surface area contributed by atoms with Crippen molar-refractivity contribution in [3.05, 3.63) is 36.5 Å². The van der Waals surface area contributed by atoms with Gasteiger partial charge in [-0.1, -0.05) is 6.42 Å². The molecule has 34 heavy (non-hydrogen) atoms. The maximum atomic E-state index is 14.9. The van der Waals surface area contributed by atoms with Gasteiger partial charge in [-0.05, 0) is 56.9 Å². The van der Waals surface area contributed by atoms with Gasteiger partial charge in [0, 0.05) is 30.5 Å². The van der Waals surface area contributed by atoms with Crippen LogP contribution in [0.5, 0.6) is 5.75 Å². The number of benzene rings is 1. The summed E-state index contributed by atoms with van der Waals surface area (Å²) >= 11 is 0. The first-order valence-corrected chi connectivity index (χ1v) is 11.5. The molecule has 2 amide bonds. The quantitative estimate of drug-likeness (QED) is 0.558. The monoisotopic (exact) mass is 467 g/mol. The average Bonchev–Trinajstić information content (AvgIpc) is 3.24. The highest BCUT2D eigenvalue weighted by Gasteiger charge is 2.28. The number of carbonyl (C=O) groups is 2. The number of ether oxygens (including phenoxy) is 1. The number of nitrogens with zero attached hydrogens (tertiary/aromatic N) is 3. The average molecular weight is 468 g/mol. The molecule has 2 N–H and O–H groups in total.